The number of nitrogens with zero attached hydrogens (tertiary/aromatic N) is 2. The van der Waals surface area contributed by atoms with Crippen LogP contribution >= 0.6 is 0 Å². The molecule has 5 heteroatoms. The molecule has 16 heavy (non-hydrogen) atoms. The molecule has 5 nitrogen and oxygen atoms in total. The van der Waals surface area contributed by atoms with Gasteiger partial charge in [0.15, 0.2) is 0 Å². The van der Waals surface area contributed by atoms with Gasteiger partial charge in [0, 0.05) is 18.9 Å². The molecule has 0 atom stereocenters. The number of ether oxygens (including phenoxy) is 1. The standard InChI is InChI=1S/C11H15N3O2/c1-9(2)8-16-7-6-14-11(15)10-12-4-3-5-13-10/h3-5H,1,6-8H2,2H3,(H,14,15). The smallest absolute Gasteiger partial charge is 0.289 e. The summed E-state index contributed by atoms with van der Waals surface area (Å²) in [7, 11) is 0. The second-order valence-corrected chi connectivity index (χ2v) is 3.34. The molecule has 0 radical (unpaired) electrons. The van der Waals surface area contributed by atoms with Gasteiger partial charge >= 0.3 is 0 Å². The Labute approximate surface area is 94.6 Å². The van der Waals surface area contributed by atoms with E-state index in [0.29, 0.717) is 19.8 Å². The second kappa shape index (κ2) is 6.68. The van der Waals surface area contributed by atoms with Crippen molar-refractivity contribution in [1.82, 2.24) is 15.3 Å². The second-order valence-electron chi connectivity index (χ2n) is 3.34. The third kappa shape index (κ3) is 4.65. The molecule has 0 bridgehead atoms. The Morgan fingerprint density at radius 1 is 1.50 bits per heavy atom. The van der Waals surface area contributed by atoms with Gasteiger partial charge in [-0.15, -0.1) is 0 Å². The molecule has 1 heterocycles. The summed E-state index contributed by atoms with van der Waals surface area (Å²) in [5.74, 6) is -0.123. The van der Waals surface area contributed by atoms with Gasteiger partial charge in [-0.05, 0) is 13.0 Å². The van der Waals surface area contributed by atoms with E-state index in [4.69, 9.17) is 4.74 Å². The summed E-state index contributed by atoms with van der Waals surface area (Å²) in [6.07, 6.45) is 3.05. The maximum atomic E-state index is 11.4. The van der Waals surface area contributed by atoms with E-state index in [-0.39, 0.29) is 11.7 Å². The molecule has 0 spiro atoms. The molecule has 1 N–H and O–H groups in total. The molecule has 0 saturated heterocycles. The Morgan fingerprint density at radius 2 is 2.19 bits per heavy atom. The monoisotopic (exact) mass is 221 g/mol. The largest absolute Gasteiger partial charge is 0.375 e. The van der Waals surface area contributed by atoms with Crippen LogP contribution in [0.3, 0.4) is 0 Å². The number of amides is 1. The van der Waals surface area contributed by atoms with Crippen LogP contribution in [0, 0.1) is 0 Å². The van der Waals surface area contributed by atoms with E-state index in [0.717, 1.165) is 5.57 Å². The van der Waals surface area contributed by atoms with Crippen LogP contribution in [0.4, 0.5) is 0 Å². The Bertz CT molecular complexity index is 352. The number of hydrogen-bond donors (Lipinski definition) is 1. The fourth-order valence-corrected chi connectivity index (χ4v) is 0.979. The summed E-state index contributed by atoms with van der Waals surface area (Å²) < 4.78 is 5.23. The average molecular weight is 221 g/mol. The van der Waals surface area contributed by atoms with Crippen LogP contribution in [0.2, 0.25) is 0 Å². The highest BCUT2D eigenvalue weighted by molar-refractivity contribution is 5.90. The molecule has 0 aliphatic rings. The number of rotatable bonds is 6. The van der Waals surface area contributed by atoms with Crippen molar-refractivity contribution in [3.05, 3.63) is 36.4 Å². The van der Waals surface area contributed by atoms with Crippen molar-refractivity contribution < 1.29 is 9.53 Å². The first-order chi connectivity index (χ1) is 7.70. The van der Waals surface area contributed by atoms with Gasteiger partial charge in [0.25, 0.3) is 5.91 Å². The van der Waals surface area contributed by atoms with Gasteiger partial charge in [0.2, 0.25) is 5.82 Å². The zero-order valence-corrected chi connectivity index (χ0v) is 9.27. The first-order valence-electron chi connectivity index (χ1n) is 4.97. The van der Waals surface area contributed by atoms with Gasteiger partial charge in [0.1, 0.15) is 0 Å². The molecule has 0 aromatic carbocycles. The molecule has 0 aliphatic carbocycles. The maximum Gasteiger partial charge on any atom is 0.289 e. The van der Waals surface area contributed by atoms with Crippen molar-refractivity contribution in [3.8, 4) is 0 Å². The quantitative estimate of drug-likeness (QED) is 0.570. The highest BCUT2D eigenvalue weighted by atomic mass is 16.5. The van der Waals surface area contributed by atoms with Crippen molar-refractivity contribution in [1.29, 1.82) is 0 Å². The van der Waals surface area contributed by atoms with E-state index in [1.54, 1.807) is 6.07 Å². The van der Waals surface area contributed by atoms with Crippen LogP contribution in [-0.4, -0.2) is 35.6 Å². The van der Waals surface area contributed by atoms with Crippen molar-refractivity contribution in [3.63, 3.8) is 0 Å². The molecule has 0 aliphatic heterocycles. The molecule has 0 fully saturated rings. The molecule has 0 saturated carbocycles. The van der Waals surface area contributed by atoms with Gasteiger partial charge in [-0.25, -0.2) is 9.97 Å². The summed E-state index contributed by atoms with van der Waals surface area (Å²) in [5.41, 5.74) is 0.956. The van der Waals surface area contributed by atoms with Gasteiger partial charge in [-0.1, -0.05) is 12.2 Å². The van der Waals surface area contributed by atoms with Gasteiger partial charge in [-0.3, -0.25) is 4.79 Å². The summed E-state index contributed by atoms with van der Waals surface area (Å²) in [4.78, 5) is 19.1. The van der Waals surface area contributed by atoms with E-state index < -0.39 is 0 Å². The van der Waals surface area contributed by atoms with Gasteiger partial charge in [-0.2, -0.15) is 0 Å². The van der Waals surface area contributed by atoms with Crippen molar-refractivity contribution in [2.75, 3.05) is 19.8 Å². The highest BCUT2D eigenvalue weighted by Gasteiger charge is 2.05. The number of carbonyl (C=O) groups excluding carboxylic acids is 1. The van der Waals surface area contributed by atoms with E-state index in [9.17, 15) is 4.79 Å². The minimum absolute atomic E-state index is 0.169. The zero-order chi connectivity index (χ0) is 11.8. The van der Waals surface area contributed by atoms with E-state index in [2.05, 4.69) is 21.9 Å². The lowest BCUT2D eigenvalue weighted by atomic mass is 10.4. The summed E-state index contributed by atoms with van der Waals surface area (Å²) in [6, 6.07) is 1.66. The Hall–Kier alpha value is -1.75. The molecule has 1 aromatic heterocycles. The number of hydrogen-bond acceptors (Lipinski definition) is 4. The lowest BCUT2D eigenvalue weighted by molar-refractivity contribution is 0.0916. The van der Waals surface area contributed by atoms with Crippen LogP contribution in [0.15, 0.2) is 30.6 Å². The number of carbonyl (C=O) groups is 1. The number of aromatic nitrogens is 2. The Kier molecular flexibility index (Phi) is 5.15. The molecule has 0 unspecified atom stereocenters. The molecule has 1 rings (SSSR count). The molecule has 1 amide bonds. The Balaban J connectivity index is 2.19. The van der Waals surface area contributed by atoms with Crippen LogP contribution < -0.4 is 5.32 Å². The van der Waals surface area contributed by atoms with E-state index in [1.807, 2.05) is 6.92 Å². The fraction of sp³-hybridized carbons (Fsp3) is 0.364. The average Bonchev–Trinajstić information content (AvgIpc) is 2.29. The Morgan fingerprint density at radius 3 is 2.81 bits per heavy atom. The minimum Gasteiger partial charge on any atom is -0.375 e. The van der Waals surface area contributed by atoms with E-state index in [1.165, 1.54) is 12.4 Å². The van der Waals surface area contributed by atoms with Crippen LogP contribution in [0.1, 0.15) is 17.5 Å². The SMILES string of the molecule is C=C(C)COCCNC(=O)c1ncccn1. The van der Waals surface area contributed by atoms with Crippen molar-refractivity contribution in [2.24, 2.45) is 0 Å². The van der Waals surface area contributed by atoms with Crippen molar-refractivity contribution >= 4 is 5.91 Å². The summed E-state index contributed by atoms with van der Waals surface area (Å²) in [5, 5.41) is 2.65. The lowest BCUT2D eigenvalue weighted by Crippen LogP contribution is -2.28. The maximum absolute atomic E-state index is 11.4. The van der Waals surface area contributed by atoms with Gasteiger partial charge in [0.05, 0.1) is 13.2 Å². The highest BCUT2D eigenvalue weighted by Crippen LogP contribution is 1.88. The molecule has 86 valence electrons. The first kappa shape index (κ1) is 12.3. The zero-order valence-electron chi connectivity index (χ0n) is 9.27. The van der Waals surface area contributed by atoms with Gasteiger partial charge < -0.3 is 10.1 Å². The third-order valence-electron chi connectivity index (χ3n) is 1.65. The van der Waals surface area contributed by atoms with Crippen LogP contribution in [-0.2, 0) is 4.74 Å². The van der Waals surface area contributed by atoms with Crippen LogP contribution in [0.25, 0.3) is 0 Å². The summed E-state index contributed by atoms with van der Waals surface area (Å²) in [6.45, 7) is 6.98. The number of nitrogens with one attached hydrogen (secondary N) is 1. The molecular formula is C11H15N3O2. The molecular weight excluding hydrogens is 206 g/mol. The predicted molar refractivity (Wildman–Crippen MR) is 60.0 cm³/mol. The predicted octanol–water partition coefficient (Wildman–Crippen LogP) is 0.799. The van der Waals surface area contributed by atoms with Crippen molar-refractivity contribution in [2.45, 2.75) is 6.92 Å². The normalized spacial score (nSPS) is 9.81. The fourth-order valence-electron chi connectivity index (χ4n) is 0.979. The minimum atomic E-state index is -0.292. The van der Waals surface area contributed by atoms with Crippen LogP contribution in [0.5, 0.6) is 0 Å². The third-order valence-corrected chi connectivity index (χ3v) is 1.65. The topological polar surface area (TPSA) is 64.1 Å². The molecule has 1 aromatic rings. The summed E-state index contributed by atoms with van der Waals surface area (Å²) >= 11 is 0. The van der Waals surface area contributed by atoms with E-state index >= 15 is 0 Å². The first-order valence-corrected chi connectivity index (χ1v) is 4.97. The lowest BCUT2D eigenvalue weighted by Gasteiger charge is -2.05.